The molecular weight excluding hydrogens is 244 g/mol. The van der Waals surface area contributed by atoms with Crippen LogP contribution >= 0.6 is 0 Å². The average Bonchev–Trinajstić information content (AvgIpc) is 2.76. The van der Waals surface area contributed by atoms with Crippen LogP contribution in [-0.2, 0) is 14.3 Å². The van der Waals surface area contributed by atoms with Crippen LogP contribution in [0.3, 0.4) is 0 Å². The number of esters is 1. The molecule has 0 radical (unpaired) electrons. The Kier molecular flexibility index (Phi) is 2.50. The molecule has 0 aromatic carbocycles. The van der Waals surface area contributed by atoms with Gasteiger partial charge in [0.05, 0.1) is 11.0 Å². The van der Waals surface area contributed by atoms with E-state index in [1.807, 2.05) is 6.92 Å². The largest absolute Gasteiger partial charge is 0.457 e. The Morgan fingerprint density at radius 1 is 1.37 bits per heavy atom. The Hall–Kier alpha value is -1.16. The van der Waals surface area contributed by atoms with E-state index in [-0.39, 0.29) is 17.6 Å². The first-order valence-corrected chi connectivity index (χ1v) is 6.98. The first-order valence-electron chi connectivity index (χ1n) is 6.98. The van der Waals surface area contributed by atoms with Crippen molar-refractivity contribution in [3.63, 3.8) is 0 Å². The van der Waals surface area contributed by atoms with Crippen molar-refractivity contribution in [3.8, 4) is 0 Å². The molecule has 1 N–H and O–H groups in total. The lowest BCUT2D eigenvalue weighted by molar-refractivity contribution is -0.171. The van der Waals surface area contributed by atoms with Crippen LogP contribution in [0.15, 0.2) is 12.2 Å². The van der Waals surface area contributed by atoms with Gasteiger partial charge in [-0.1, -0.05) is 13.5 Å². The molecule has 1 aliphatic heterocycles. The molecule has 0 aromatic rings. The number of hydrogen-bond acceptors (Lipinski definition) is 4. The minimum absolute atomic E-state index is 0.0150. The van der Waals surface area contributed by atoms with Crippen molar-refractivity contribution in [2.45, 2.75) is 51.2 Å². The monoisotopic (exact) mass is 264 g/mol. The van der Waals surface area contributed by atoms with Gasteiger partial charge in [0.15, 0.2) is 0 Å². The minimum atomic E-state index is -1.06. The molecule has 4 heteroatoms. The molecule has 19 heavy (non-hydrogen) atoms. The molecule has 1 heterocycles. The summed E-state index contributed by atoms with van der Waals surface area (Å²) in [5.41, 5.74) is -1.58. The van der Waals surface area contributed by atoms with Gasteiger partial charge in [-0.2, -0.15) is 0 Å². The zero-order valence-electron chi connectivity index (χ0n) is 11.4. The van der Waals surface area contributed by atoms with Crippen LogP contribution < -0.4 is 0 Å². The molecule has 0 bridgehead atoms. The van der Waals surface area contributed by atoms with Gasteiger partial charge in [0.25, 0.3) is 0 Å². The Morgan fingerprint density at radius 2 is 2.05 bits per heavy atom. The van der Waals surface area contributed by atoms with Gasteiger partial charge in [-0.05, 0) is 32.1 Å². The smallest absolute Gasteiger partial charge is 0.334 e. The van der Waals surface area contributed by atoms with Crippen LogP contribution in [0, 0.1) is 17.3 Å². The van der Waals surface area contributed by atoms with Crippen LogP contribution in [0.1, 0.15) is 39.5 Å². The van der Waals surface area contributed by atoms with Crippen molar-refractivity contribution in [1.82, 2.24) is 0 Å². The molecule has 0 aromatic heterocycles. The van der Waals surface area contributed by atoms with Crippen molar-refractivity contribution in [2.24, 2.45) is 17.3 Å². The van der Waals surface area contributed by atoms with Crippen LogP contribution in [0.5, 0.6) is 0 Å². The SMILES string of the molecule is C=C1C(=O)O[C@H]2[C@@H]1CC[C@@H](C)[C@@]1(O)CCC(=O)[C@]21C. The highest BCUT2D eigenvalue weighted by Gasteiger charge is 2.68. The van der Waals surface area contributed by atoms with Gasteiger partial charge in [0, 0.05) is 17.9 Å². The van der Waals surface area contributed by atoms with E-state index in [2.05, 4.69) is 6.58 Å². The summed E-state index contributed by atoms with van der Waals surface area (Å²) in [6.45, 7) is 7.57. The summed E-state index contributed by atoms with van der Waals surface area (Å²) in [6, 6.07) is 0. The molecule has 0 spiro atoms. The molecule has 3 aliphatic rings. The number of aliphatic hydroxyl groups is 1. The van der Waals surface area contributed by atoms with E-state index in [0.29, 0.717) is 18.4 Å². The van der Waals surface area contributed by atoms with Crippen LogP contribution in [0.2, 0.25) is 0 Å². The summed E-state index contributed by atoms with van der Waals surface area (Å²) < 4.78 is 5.44. The topological polar surface area (TPSA) is 63.6 Å². The van der Waals surface area contributed by atoms with Gasteiger partial charge in [-0.3, -0.25) is 4.79 Å². The molecule has 3 rings (SSSR count). The van der Waals surface area contributed by atoms with Crippen LogP contribution in [-0.4, -0.2) is 28.6 Å². The summed E-state index contributed by atoms with van der Waals surface area (Å²) in [5, 5.41) is 11.1. The predicted molar refractivity (Wildman–Crippen MR) is 68.2 cm³/mol. The third-order valence-electron chi connectivity index (χ3n) is 5.82. The summed E-state index contributed by atoms with van der Waals surface area (Å²) in [5.74, 6) is -0.494. The molecule has 104 valence electrons. The Morgan fingerprint density at radius 3 is 2.74 bits per heavy atom. The minimum Gasteiger partial charge on any atom is -0.457 e. The molecular formula is C15H20O4. The van der Waals surface area contributed by atoms with Gasteiger partial charge < -0.3 is 9.84 Å². The lowest BCUT2D eigenvalue weighted by Crippen LogP contribution is -2.56. The number of Topliss-reactive ketones (excluding diaryl/α,β-unsaturated/α-hetero) is 1. The lowest BCUT2D eigenvalue weighted by atomic mass is 9.65. The summed E-state index contributed by atoms with van der Waals surface area (Å²) >= 11 is 0. The first kappa shape index (κ1) is 12.9. The van der Waals surface area contributed by atoms with E-state index in [4.69, 9.17) is 4.74 Å². The highest BCUT2D eigenvalue weighted by atomic mass is 16.6. The van der Waals surface area contributed by atoms with E-state index < -0.39 is 23.1 Å². The Labute approximate surface area is 112 Å². The fourth-order valence-electron chi connectivity index (χ4n) is 4.35. The lowest BCUT2D eigenvalue weighted by Gasteiger charge is -2.43. The normalized spacial score (nSPS) is 49.6. The molecule has 2 aliphatic carbocycles. The number of ketones is 1. The van der Waals surface area contributed by atoms with Gasteiger partial charge in [-0.25, -0.2) is 4.79 Å². The van der Waals surface area contributed by atoms with E-state index in [1.165, 1.54) is 0 Å². The zero-order chi connectivity index (χ0) is 14.0. The number of fused-ring (bicyclic) bond motifs is 3. The second kappa shape index (κ2) is 3.69. The van der Waals surface area contributed by atoms with Crippen molar-refractivity contribution < 1.29 is 19.4 Å². The van der Waals surface area contributed by atoms with E-state index >= 15 is 0 Å². The third-order valence-corrected chi connectivity index (χ3v) is 5.82. The first-order chi connectivity index (χ1) is 8.82. The van der Waals surface area contributed by atoms with Gasteiger partial charge in [0.1, 0.15) is 11.9 Å². The summed E-state index contributed by atoms with van der Waals surface area (Å²) in [4.78, 5) is 24.2. The molecule has 0 unspecified atom stereocenters. The fourth-order valence-corrected chi connectivity index (χ4v) is 4.35. The maximum Gasteiger partial charge on any atom is 0.334 e. The number of hydrogen-bond donors (Lipinski definition) is 1. The highest BCUT2D eigenvalue weighted by molar-refractivity contribution is 5.94. The average molecular weight is 264 g/mol. The van der Waals surface area contributed by atoms with Crippen molar-refractivity contribution in [2.75, 3.05) is 0 Å². The predicted octanol–water partition coefficient (Wildman–Crippen LogP) is 1.61. The molecule has 5 atom stereocenters. The Bertz CT molecular complexity index is 483. The Balaban J connectivity index is 2.14. The summed E-state index contributed by atoms with van der Waals surface area (Å²) in [7, 11) is 0. The van der Waals surface area contributed by atoms with Crippen LogP contribution in [0.25, 0.3) is 0 Å². The number of rotatable bonds is 0. The van der Waals surface area contributed by atoms with Crippen LogP contribution in [0.4, 0.5) is 0 Å². The molecule has 2 saturated carbocycles. The standard InChI is InChI=1S/C15H20O4/c1-8-4-5-10-9(2)13(17)19-12(10)14(3)11(16)6-7-15(8,14)18/h8,10,12,18H,2,4-7H2,1,3H3/t8-,10-,12+,14-,15+/m1/s1. The maximum atomic E-state index is 12.4. The van der Waals surface area contributed by atoms with E-state index in [0.717, 1.165) is 12.8 Å². The molecule has 0 amide bonds. The van der Waals surface area contributed by atoms with E-state index in [1.54, 1.807) is 6.92 Å². The number of carbonyl (C=O) groups excluding carboxylic acids is 2. The number of ether oxygens (including phenoxy) is 1. The second-order valence-corrected chi connectivity index (χ2v) is 6.49. The molecule has 1 saturated heterocycles. The molecule has 3 fully saturated rings. The molecule has 4 nitrogen and oxygen atoms in total. The number of carbonyl (C=O) groups is 2. The van der Waals surface area contributed by atoms with Gasteiger partial charge in [0.2, 0.25) is 0 Å². The maximum absolute atomic E-state index is 12.4. The van der Waals surface area contributed by atoms with Gasteiger partial charge >= 0.3 is 5.97 Å². The van der Waals surface area contributed by atoms with Crippen molar-refractivity contribution in [1.29, 1.82) is 0 Å². The van der Waals surface area contributed by atoms with Crippen molar-refractivity contribution >= 4 is 11.8 Å². The van der Waals surface area contributed by atoms with Crippen molar-refractivity contribution in [3.05, 3.63) is 12.2 Å². The second-order valence-electron chi connectivity index (χ2n) is 6.49. The van der Waals surface area contributed by atoms with Gasteiger partial charge in [-0.15, -0.1) is 0 Å². The third kappa shape index (κ3) is 1.33. The quantitative estimate of drug-likeness (QED) is 0.533. The zero-order valence-corrected chi connectivity index (χ0v) is 11.4. The highest BCUT2D eigenvalue weighted by Crippen LogP contribution is 2.58. The van der Waals surface area contributed by atoms with E-state index in [9.17, 15) is 14.7 Å². The summed E-state index contributed by atoms with van der Waals surface area (Å²) in [6.07, 6.45) is 1.83. The fraction of sp³-hybridized carbons (Fsp3) is 0.733.